The molecular formula is C22H28F2N4O3S. The highest BCUT2D eigenvalue weighted by Gasteiger charge is 2.40. The zero-order valence-corrected chi connectivity index (χ0v) is 19.9. The molecule has 2 aromatic rings. The van der Waals surface area contributed by atoms with Crippen LogP contribution in [0.5, 0.6) is 0 Å². The standard InChI is InChI=1S/C22H28F2N4O3S/c1-12-17(19(30)25-14-9-10-22(14,5)6)27-20(32-12)28(16(29)11-31-21(2,3)4)13-7-8-15(23)26-18(13)24/h7-8,14H,9-11H2,1-6H3,(H,25,30). The van der Waals surface area contributed by atoms with Crippen molar-refractivity contribution in [1.82, 2.24) is 15.3 Å². The Labute approximate surface area is 190 Å². The zero-order valence-electron chi connectivity index (χ0n) is 19.1. The summed E-state index contributed by atoms with van der Waals surface area (Å²) in [6, 6.07) is 2.10. The lowest BCUT2D eigenvalue weighted by atomic mass is 9.67. The molecule has 0 aromatic carbocycles. The van der Waals surface area contributed by atoms with Gasteiger partial charge in [-0.15, -0.1) is 11.3 Å². The van der Waals surface area contributed by atoms with E-state index in [4.69, 9.17) is 4.74 Å². The van der Waals surface area contributed by atoms with E-state index in [1.54, 1.807) is 27.7 Å². The fourth-order valence-electron chi connectivity index (χ4n) is 3.31. The molecule has 7 nitrogen and oxygen atoms in total. The van der Waals surface area contributed by atoms with Crippen LogP contribution in [0.2, 0.25) is 0 Å². The van der Waals surface area contributed by atoms with E-state index in [-0.39, 0.29) is 40.5 Å². The van der Waals surface area contributed by atoms with Crippen LogP contribution in [0.4, 0.5) is 19.6 Å². The SMILES string of the molecule is Cc1sc(N(C(=O)COC(C)(C)C)c2ccc(F)nc2F)nc1C(=O)NC1CCC1(C)C. The van der Waals surface area contributed by atoms with Gasteiger partial charge in [0, 0.05) is 10.9 Å². The molecule has 1 atom stereocenters. The Morgan fingerprint density at radius 1 is 1.28 bits per heavy atom. The van der Waals surface area contributed by atoms with E-state index in [0.29, 0.717) is 4.88 Å². The largest absolute Gasteiger partial charge is 0.366 e. The number of amides is 2. The maximum Gasteiger partial charge on any atom is 0.271 e. The minimum absolute atomic E-state index is 0.0115. The third-order valence-corrected chi connectivity index (χ3v) is 6.39. The normalized spacial score (nSPS) is 17.6. The highest BCUT2D eigenvalue weighted by atomic mass is 32.1. The van der Waals surface area contributed by atoms with E-state index in [9.17, 15) is 18.4 Å². The Bertz CT molecular complexity index is 1030. The van der Waals surface area contributed by atoms with E-state index in [2.05, 4.69) is 29.1 Å². The Morgan fingerprint density at radius 3 is 2.50 bits per heavy atom. The molecule has 0 aliphatic heterocycles. The van der Waals surface area contributed by atoms with Crippen LogP contribution in [-0.4, -0.2) is 40.0 Å². The van der Waals surface area contributed by atoms with Crippen molar-refractivity contribution in [1.29, 1.82) is 0 Å². The monoisotopic (exact) mass is 466 g/mol. The van der Waals surface area contributed by atoms with Gasteiger partial charge in [-0.2, -0.15) is 13.8 Å². The first-order chi connectivity index (χ1) is 14.8. The molecule has 1 saturated carbocycles. The first kappa shape index (κ1) is 24.2. The summed E-state index contributed by atoms with van der Waals surface area (Å²) in [6.45, 7) is 10.8. The number of thiazole rings is 1. The molecule has 0 bridgehead atoms. The maximum absolute atomic E-state index is 14.5. The number of aromatic nitrogens is 2. The molecule has 1 fully saturated rings. The topological polar surface area (TPSA) is 84.4 Å². The summed E-state index contributed by atoms with van der Waals surface area (Å²) in [7, 11) is 0. The van der Waals surface area contributed by atoms with Gasteiger partial charge >= 0.3 is 0 Å². The highest BCUT2D eigenvalue weighted by molar-refractivity contribution is 7.16. The van der Waals surface area contributed by atoms with Crippen LogP contribution in [0.25, 0.3) is 0 Å². The number of ether oxygens (including phenoxy) is 1. The number of nitrogens with zero attached hydrogens (tertiary/aromatic N) is 3. The van der Waals surface area contributed by atoms with Crippen LogP contribution in [-0.2, 0) is 9.53 Å². The molecule has 1 unspecified atom stereocenters. The maximum atomic E-state index is 14.5. The van der Waals surface area contributed by atoms with E-state index in [1.165, 1.54) is 0 Å². The molecule has 174 valence electrons. The smallest absolute Gasteiger partial charge is 0.271 e. The molecular weight excluding hydrogens is 438 g/mol. The third-order valence-electron chi connectivity index (χ3n) is 5.43. The molecule has 0 radical (unpaired) electrons. The molecule has 2 aromatic heterocycles. The highest BCUT2D eigenvalue weighted by Crippen LogP contribution is 2.40. The summed E-state index contributed by atoms with van der Waals surface area (Å²) in [5, 5.41) is 3.07. The predicted octanol–water partition coefficient (Wildman–Crippen LogP) is 4.52. The average molecular weight is 467 g/mol. The molecule has 2 amide bonds. The van der Waals surface area contributed by atoms with Gasteiger partial charge in [0.15, 0.2) is 5.13 Å². The predicted molar refractivity (Wildman–Crippen MR) is 118 cm³/mol. The molecule has 32 heavy (non-hydrogen) atoms. The van der Waals surface area contributed by atoms with Crippen molar-refractivity contribution in [3.8, 4) is 0 Å². The van der Waals surface area contributed by atoms with Crippen LogP contribution in [0.3, 0.4) is 0 Å². The van der Waals surface area contributed by atoms with Crippen molar-refractivity contribution in [3.63, 3.8) is 0 Å². The Kier molecular flexibility index (Phi) is 6.67. The molecule has 1 N–H and O–H groups in total. The van der Waals surface area contributed by atoms with Gasteiger partial charge in [-0.3, -0.25) is 9.59 Å². The number of halogens is 2. The van der Waals surface area contributed by atoms with Gasteiger partial charge in [0.1, 0.15) is 18.0 Å². The molecule has 3 rings (SSSR count). The van der Waals surface area contributed by atoms with E-state index >= 15 is 0 Å². The van der Waals surface area contributed by atoms with Gasteiger partial charge in [0.05, 0.1) is 5.60 Å². The van der Waals surface area contributed by atoms with Crippen LogP contribution < -0.4 is 10.2 Å². The number of anilines is 2. The van der Waals surface area contributed by atoms with Crippen LogP contribution in [0.1, 0.15) is 62.8 Å². The number of rotatable bonds is 6. The second kappa shape index (κ2) is 8.82. The van der Waals surface area contributed by atoms with E-state index < -0.39 is 23.4 Å². The second-order valence-electron chi connectivity index (χ2n) is 9.53. The Hall–Kier alpha value is -2.46. The average Bonchev–Trinajstić information content (AvgIpc) is 3.06. The van der Waals surface area contributed by atoms with Crippen molar-refractivity contribution < 1.29 is 23.1 Å². The fourth-order valence-corrected chi connectivity index (χ4v) is 4.24. The first-order valence-corrected chi connectivity index (χ1v) is 11.2. The molecule has 0 saturated heterocycles. The molecule has 10 heteroatoms. The summed E-state index contributed by atoms with van der Waals surface area (Å²) in [5.74, 6) is -3.14. The van der Waals surface area contributed by atoms with Crippen LogP contribution in [0.15, 0.2) is 12.1 Å². The summed E-state index contributed by atoms with van der Waals surface area (Å²) in [6.07, 6.45) is 1.90. The van der Waals surface area contributed by atoms with Gasteiger partial charge < -0.3 is 10.1 Å². The van der Waals surface area contributed by atoms with Crippen molar-refractivity contribution in [2.24, 2.45) is 5.41 Å². The summed E-state index contributed by atoms with van der Waals surface area (Å²) in [4.78, 5) is 34.9. The van der Waals surface area contributed by atoms with Crippen LogP contribution >= 0.6 is 11.3 Å². The zero-order chi connectivity index (χ0) is 23.8. The van der Waals surface area contributed by atoms with Gasteiger partial charge in [-0.1, -0.05) is 13.8 Å². The minimum atomic E-state index is -1.16. The van der Waals surface area contributed by atoms with Gasteiger partial charge in [0.25, 0.3) is 11.8 Å². The number of hydrogen-bond acceptors (Lipinski definition) is 6. The summed E-state index contributed by atoms with van der Waals surface area (Å²) in [5.41, 5.74) is -0.703. The van der Waals surface area contributed by atoms with Gasteiger partial charge in [0.2, 0.25) is 11.9 Å². The Balaban J connectivity index is 1.93. The van der Waals surface area contributed by atoms with E-state index in [0.717, 1.165) is 41.2 Å². The molecule has 1 aliphatic carbocycles. The summed E-state index contributed by atoms with van der Waals surface area (Å²) < 4.78 is 33.4. The lowest BCUT2D eigenvalue weighted by Crippen LogP contribution is -2.52. The van der Waals surface area contributed by atoms with E-state index in [1.807, 2.05) is 0 Å². The Morgan fingerprint density at radius 2 is 1.97 bits per heavy atom. The number of pyridine rings is 1. The first-order valence-electron chi connectivity index (χ1n) is 10.4. The molecule has 1 aliphatic rings. The number of carbonyl (C=O) groups excluding carboxylic acids is 2. The van der Waals surface area contributed by atoms with Crippen LogP contribution in [0, 0.1) is 24.2 Å². The number of nitrogens with one attached hydrogen (secondary N) is 1. The van der Waals surface area contributed by atoms with Crippen molar-refractivity contribution in [2.45, 2.75) is 66.0 Å². The van der Waals surface area contributed by atoms with Crippen molar-refractivity contribution in [3.05, 3.63) is 34.6 Å². The molecule has 2 heterocycles. The lowest BCUT2D eigenvalue weighted by Gasteiger charge is -2.44. The fraction of sp³-hybridized carbons (Fsp3) is 0.545. The lowest BCUT2D eigenvalue weighted by molar-refractivity contribution is -0.127. The van der Waals surface area contributed by atoms with Gasteiger partial charge in [-0.05, 0) is 58.1 Å². The minimum Gasteiger partial charge on any atom is -0.366 e. The number of carbonyl (C=O) groups is 2. The van der Waals surface area contributed by atoms with Gasteiger partial charge in [-0.25, -0.2) is 9.88 Å². The van der Waals surface area contributed by atoms with Crippen molar-refractivity contribution >= 4 is 34.0 Å². The number of aryl methyl sites for hydroxylation is 1. The third kappa shape index (κ3) is 5.29. The number of hydrogen-bond donors (Lipinski definition) is 1. The summed E-state index contributed by atoms with van der Waals surface area (Å²) >= 11 is 1.06. The quantitative estimate of drug-likeness (QED) is 0.633. The van der Waals surface area contributed by atoms with Crippen molar-refractivity contribution in [2.75, 3.05) is 11.5 Å². The molecule has 0 spiro atoms. The second-order valence-corrected chi connectivity index (χ2v) is 10.7.